The molecule has 1 saturated heterocycles. The summed E-state index contributed by atoms with van der Waals surface area (Å²) in [6.07, 6.45) is 2.30. The summed E-state index contributed by atoms with van der Waals surface area (Å²) in [5.74, 6) is 0.276. The Bertz CT molecular complexity index is 594. The van der Waals surface area contributed by atoms with Gasteiger partial charge in [0.15, 0.2) is 0 Å². The van der Waals surface area contributed by atoms with Gasteiger partial charge in [-0.25, -0.2) is 9.18 Å². The highest BCUT2D eigenvalue weighted by molar-refractivity contribution is 7.85. The number of hydrogen-bond acceptors (Lipinski definition) is 3. The first-order chi connectivity index (χ1) is 11.2. The van der Waals surface area contributed by atoms with Crippen molar-refractivity contribution in [3.05, 3.63) is 30.1 Å². The average molecular weight is 340 g/mol. The predicted octanol–water partition coefficient (Wildman–Crippen LogP) is 1.75. The van der Waals surface area contributed by atoms with Gasteiger partial charge in [-0.05, 0) is 30.9 Å². The molecular formula is C16H21FN2O3S. The first kappa shape index (κ1) is 16.4. The van der Waals surface area contributed by atoms with Crippen LogP contribution < -0.4 is 5.32 Å². The Morgan fingerprint density at radius 1 is 1.39 bits per heavy atom. The van der Waals surface area contributed by atoms with Crippen LogP contribution in [0.2, 0.25) is 0 Å². The van der Waals surface area contributed by atoms with Gasteiger partial charge in [0.2, 0.25) is 0 Å². The normalized spacial score (nSPS) is 22.7. The maximum atomic E-state index is 13.6. The van der Waals surface area contributed by atoms with E-state index >= 15 is 0 Å². The third-order valence-corrected chi connectivity index (χ3v) is 5.63. The standard InChI is InChI=1S/C16H21FN2O3S/c17-13-3-1-2-4-15(13)23(21)10-7-18-16(20)19-8-9-22-11-14(19)12-5-6-12/h1-4,12,14H,5-11H2,(H,18,20). The van der Waals surface area contributed by atoms with Crippen LogP contribution in [0.5, 0.6) is 0 Å². The van der Waals surface area contributed by atoms with E-state index in [2.05, 4.69) is 5.32 Å². The number of ether oxygens (including phenoxy) is 1. The molecule has 2 atom stereocenters. The lowest BCUT2D eigenvalue weighted by atomic mass is 10.1. The van der Waals surface area contributed by atoms with Crippen molar-refractivity contribution in [3.8, 4) is 0 Å². The monoisotopic (exact) mass is 340 g/mol. The quantitative estimate of drug-likeness (QED) is 0.888. The number of hydrogen-bond donors (Lipinski definition) is 1. The van der Waals surface area contributed by atoms with Gasteiger partial charge in [-0.1, -0.05) is 12.1 Å². The molecule has 1 aliphatic heterocycles. The highest BCUT2D eigenvalue weighted by Crippen LogP contribution is 2.36. The zero-order chi connectivity index (χ0) is 16.2. The minimum Gasteiger partial charge on any atom is -0.377 e. The number of nitrogens with zero attached hydrogens (tertiary/aromatic N) is 1. The maximum absolute atomic E-state index is 13.6. The van der Waals surface area contributed by atoms with E-state index in [1.54, 1.807) is 12.1 Å². The molecule has 126 valence electrons. The van der Waals surface area contributed by atoms with E-state index in [9.17, 15) is 13.4 Å². The van der Waals surface area contributed by atoms with Crippen molar-refractivity contribution in [1.29, 1.82) is 0 Å². The van der Waals surface area contributed by atoms with Crippen molar-refractivity contribution in [2.45, 2.75) is 23.8 Å². The Morgan fingerprint density at radius 3 is 2.91 bits per heavy atom. The van der Waals surface area contributed by atoms with Crippen LogP contribution in [0.1, 0.15) is 12.8 Å². The number of halogens is 1. The summed E-state index contributed by atoms with van der Waals surface area (Å²) in [6, 6.07) is 6.03. The van der Waals surface area contributed by atoms with Gasteiger partial charge in [-0.2, -0.15) is 0 Å². The summed E-state index contributed by atoms with van der Waals surface area (Å²) in [6.45, 7) is 2.00. The zero-order valence-corrected chi connectivity index (χ0v) is 13.7. The van der Waals surface area contributed by atoms with E-state index in [1.165, 1.54) is 12.1 Å². The molecule has 1 aliphatic carbocycles. The fraction of sp³-hybridized carbons (Fsp3) is 0.562. The molecule has 0 radical (unpaired) electrons. The largest absolute Gasteiger partial charge is 0.377 e. The third-order valence-electron chi connectivity index (χ3n) is 4.24. The molecular weight excluding hydrogens is 319 g/mol. The molecule has 7 heteroatoms. The van der Waals surface area contributed by atoms with Gasteiger partial charge < -0.3 is 15.0 Å². The zero-order valence-electron chi connectivity index (χ0n) is 12.9. The Labute approximate surface area is 137 Å². The average Bonchev–Trinajstić information content (AvgIpc) is 3.40. The van der Waals surface area contributed by atoms with E-state index in [0.29, 0.717) is 25.7 Å². The Hall–Kier alpha value is -1.47. The van der Waals surface area contributed by atoms with E-state index in [-0.39, 0.29) is 29.3 Å². The van der Waals surface area contributed by atoms with E-state index in [4.69, 9.17) is 4.74 Å². The van der Waals surface area contributed by atoms with Crippen LogP contribution in [0, 0.1) is 11.7 Å². The summed E-state index contributed by atoms with van der Waals surface area (Å²) >= 11 is 0. The molecule has 2 aliphatic rings. The first-order valence-electron chi connectivity index (χ1n) is 7.92. The van der Waals surface area contributed by atoms with Gasteiger partial charge >= 0.3 is 6.03 Å². The minimum absolute atomic E-state index is 0.143. The van der Waals surface area contributed by atoms with Crippen molar-refractivity contribution in [2.24, 2.45) is 5.92 Å². The third kappa shape index (κ3) is 4.09. The van der Waals surface area contributed by atoms with Gasteiger partial charge in [0.05, 0.1) is 35.0 Å². The second kappa shape index (κ2) is 7.40. The van der Waals surface area contributed by atoms with Gasteiger partial charge in [0.25, 0.3) is 0 Å². The number of amides is 2. The topological polar surface area (TPSA) is 58.6 Å². The fourth-order valence-electron chi connectivity index (χ4n) is 2.84. The van der Waals surface area contributed by atoms with Crippen molar-refractivity contribution >= 4 is 16.8 Å². The lowest BCUT2D eigenvalue weighted by Gasteiger charge is -2.35. The summed E-state index contributed by atoms with van der Waals surface area (Å²) in [7, 11) is -1.45. The Morgan fingerprint density at radius 2 is 2.17 bits per heavy atom. The van der Waals surface area contributed by atoms with Crippen LogP contribution in [0.25, 0.3) is 0 Å². The van der Waals surface area contributed by atoms with Crippen LogP contribution in [0.4, 0.5) is 9.18 Å². The van der Waals surface area contributed by atoms with Crippen LogP contribution >= 0.6 is 0 Å². The molecule has 0 spiro atoms. The highest BCUT2D eigenvalue weighted by Gasteiger charge is 2.39. The molecule has 5 nitrogen and oxygen atoms in total. The summed E-state index contributed by atoms with van der Waals surface area (Å²) < 4.78 is 31.1. The van der Waals surface area contributed by atoms with Crippen LogP contribution in [-0.4, -0.2) is 53.2 Å². The fourth-order valence-corrected chi connectivity index (χ4v) is 3.86. The molecule has 1 N–H and O–H groups in total. The molecule has 0 bridgehead atoms. The summed E-state index contributed by atoms with van der Waals surface area (Å²) in [5.41, 5.74) is 0. The number of morpholine rings is 1. The van der Waals surface area contributed by atoms with Crippen molar-refractivity contribution < 1.29 is 18.1 Å². The highest BCUT2D eigenvalue weighted by atomic mass is 32.2. The van der Waals surface area contributed by atoms with E-state index < -0.39 is 16.6 Å². The van der Waals surface area contributed by atoms with E-state index in [0.717, 1.165) is 12.8 Å². The predicted molar refractivity (Wildman–Crippen MR) is 85.1 cm³/mol. The molecule has 2 fully saturated rings. The number of carbonyl (C=O) groups excluding carboxylic acids is 1. The SMILES string of the molecule is O=C(NCCS(=O)c1ccccc1F)N1CCOCC1C1CC1. The number of carbonyl (C=O) groups is 1. The van der Waals surface area contributed by atoms with E-state index in [1.807, 2.05) is 4.90 Å². The smallest absolute Gasteiger partial charge is 0.317 e. The van der Waals surface area contributed by atoms with Gasteiger partial charge in [0, 0.05) is 18.8 Å². The molecule has 3 rings (SSSR count). The lowest BCUT2D eigenvalue weighted by Crippen LogP contribution is -2.53. The van der Waals surface area contributed by atoms with Crippen molar-refractivity contribution in [3.63, 3.8) is 0 Å². The molecule has 1 saturated carbocycles. The molecule has 23 heavy (non-hydrogen) atoms. The van der Waals surface area contributed by atoms with Crippen molar-refractivity contribution in [2.75, 3.05) is 32.1 Å². The number of benzene rings is 1. The molecule has 0 aromatic heterocycles. The lowest BCUT2D eigenvalue weighted by molar-refractivity contribution is 0.00484. The second-order valence-electron chi connectivity index (χ2n) is 5.89. The number of nitrogens with one attached hydrogen (secondary N) is 1. The number of urea groups is 1. The Balaban J connectivity index is 1.49. The first-order valence-corrected chi connectivity index (χ1v) is 9.24. The van der Waals surface area contributed by atoms with Crippen LogP contribution in [-0.2, 0) is 15.5 Å². The van der Waals surface area contributed by atoms with Crippen molar-refractivity contribution in [1.82, 2.24) is 10.2 Å². The molecule has 2 unspecified atom stereocenters. The molecule has 1 heterocycles. The van der Waals surface area contributed by atoms with Crippen LogP contribution in [0.15, 0.2) is 29.2 Å². The van der Waals surface area contributed by atoms with Crippen LogP contribution in [0.3, 0.4) is 0 Å². The Kier molecular flexibility index (Phi) is 5.27. The molecule has 1 aromatic carbocycles. The van der Waals surface area contributed by atoms with Gasteiger partial charge in [0.1, 0.15) is 5.82 Å². The summed E-state index contributed by atoms with van der Waals surface area (Å²) in [4.78, 5) is 14.3. The van der Waals surface area contributed by atoms with Gasteiger partial charge in [-0.3, -0.25) is 4.21 Å². The second-order valence-corrected chi connectivity index (χ2v) is 7.42. The number of rotatable bonds is 5. The minimum atomic E-state index is -1.45. The van der Waals surface area contributed by atoms with Gasteiger partial charge in [-0.15, -0.1) is 0 Å². The molecule has 1 aromatic rings. The summed E-state index contributed by atoms with van der Waals surface area (Å²) in [5, 5.41) is 2.80. The maximum Gasteiger partial charge on any atom is 0.317 e. The molecule has 2 amide bonds.